The summed E-state index contributed by atoms with van der Waals surface area (Å²) in [5, 5.41) is 8.10. The monoisotopic (exact) mass is 493 g/mol. The average Bonchev–Trinajstić information content (AvgIpc) is 3.29. The Labute approximate surface area is 212 Å². The maximum atomic E-state index is 12.4. The van der Waals surface area contributed by atoms with E-state index in [0.29, 0.717) is 36.9 Å². The minimum absolute atomic E-state index is 0.0403. The third kappa shape index (κ3) is 7.39. The van der Waals surface area contributed by atoms with Crippen molar-refractivity contribution in [3.8, 4) is 5.75 Å². The van der Waals surface area contributed by atoms with Crippen LogP contribution in [0.25, 0.3) is 0 Å². The van der Waals surface area contributed by atoms with Gasteiger partial charge < -0.3 is 15.4 Å². The van der Waals surface area contributed by atoms with Crippen LogP contribution in [0.1, 0.15) is 83.1 Å². The van der Waals surface area contributed by atoms with E-state index in [1.54, 1.807) is 5.38 Å². The van der Waals surface area contributed by atoms with Crippen molar-refractivity contribution in [1.82, 2.24) is 15.6 Å². The molecule has 0 aliphatic heterocycles. The first-order valence-electron chi connectivity index (χ1n) is 11.9. The van der Waals surface area contributed by atoms with Crippen LogP contribution in [0, 0.1) is 6.92 Å². The number of hydrogen-bond donors (Lipinski definition) is 2. The average molecular weight is 494 g/mol. The molecule has 0 spiro atoms. The van der Waals surface area contributed by atoms with Gasteiger partial charge in [0.1, 0.15) is 23.1 Å². The highest BCUT2D eigenvalue weighted by Crippen LogP contribution is 2.28. The lowest BCUT2D eigenvalue weighted by atomic mass is 9.87. The van der Waals surface area contributed by atoms with E-state index in [9.17, 15) is 9.59 Å². The minimum atomic E-state index is -0.269. The molecule has 186 valence electrons. The lowest BCUT2D eigenvalue weighted by Crippen LogP contribution is -2.34. The number of carbonyl (C=O) groups excluding carboxylic acids is 2. The van der Waals surface area contributed by atoms with Gasteiger partial charge in [0.2, 0.25) is 0 Å². The van der Waals surface area contributed by atoms with Crippen molar-refractivity contribution < 1.29 is 14.3 Å². The second kappa shape index (κ2) is 11.5. The number of hydrogen-bond acceptors (Lipinski definition) is 5. The summed E-state index contributed by atoms with van der Waals surface area (Å²) in [5.41, 5.74) is 4.45. The fraction of sp³-hybridized carbons (Fsp3) is 0.393. The summed E-state index contributed by atoms with van der Waals surface area (Å²) in [6, 6.07) is 13.8. The van der Waals surface area contributed by atoms with Crippen LogP contribution >= 0.6 is 11.3 Å². The molecule has 35 heavy (non-hydrogen) atoms. The van der Waals surface area contributed by atoms with Gasteiger partial charge in [-0.05, 0) is 53.1 Å². The Hall–Kier alpha value is -3.19. The first kappa shape index (κ1) is 26.4. The van der Waals surface area contributed by atoms with Crippen LogP contribution in [0.2, 0.25) is 0 Å². The molecule has 0 aliphatic rings. The van der Waals surface area contributed by atoms with Crippen molar-refractivity contribution in [2.75, 3.05) is 13.1 Å². The van der Waals surface area contributed by atoms with E-state index in [4.69, 9.17) is 4.74 Å². The Bertz CT molecular complexity index is 1160. The van der Waals surface area contributed by atoms with E-state index in [0.717, 1.165) is 21.9 Å². The Morgan fingerprint density at radius 1 is 1.00 bits per heavy atom. The summed E-state index contributed by atoms with van der Waals surface area (Å²) in [7, 11) is 0. The van der Waals surface area contributed by atoms with E-state index in [2.05, 4.69) is 62.4 Å². The first-order chi connectivity index (χ1) is 16.5. The van der Waals surface area contributed by atoms with Crippen LogP contribution in [0.3, 0.4) is 0 Å². The number of aromatic nitrogens is 1. The number of nitrogens with one attached hydrogen (secondary N) is 2. The molecule has 2 amide bonds. The van der Waals surface area contributed by atoms with Gasteiger partial charge in [-0.1, -0.05) is 58.9 Å². The molecule has 0 bridgehead atoms. The molecule has 1 heterocycles. The van der Waals surface area contributed by atoms with Crippen LogP contribution in [0.4, 0.5) is 0 Å². The highest BCUT2D eigenvalue weighted by Gasteiger charge is 2.15. The van der Waals surface area contributed by atoms with Crippen LogP contribution < -0.4 is 15.4 Å². The van der Waals surface area contributed by atoms with E-state index >= 15 is 0 Å². The molecule has 2 aromatic carbocycles. The van der Waals surface area contributed by atoms with E-state index < -0.39 is 0 Å². The normalized spacial score (nSPS) is 11.4. The quantitative estimate of drug-likeness (QED) is 0.380. The Kier molecular flexibility index (Phi) is 8.67. The second-order valence-electron chi connectivity index (χ2n) is 9.95. The molecule has 0 saturated heterocycles. The van der Waals surface area contributed by atoms with Crippen molar-refractivity contribution in [3.05, 3.63) is 80.8 Å². The first-order valence-corrected chi connectivity index (χ1v) is 12.8. The van der Waals surface area contributed by atoms with Gasteiger partial charge in [0, 0.05) is 24.0 Å². The highest BCUT2D eigenvalue weighted by molar-refractivity contribution is 7.09. The number of amides is 2. The van der Waals surface area contributed by atoms with Gasteiger partial charge in [0.05, 0.1) is 0 Å². The molecule has 0 aliphatic carbocycles. The fourth-order valence-corrected chi connectivity index (χ4v) is 4.22. The summed E-state index contributed by atoms with van der Waals surface area (Å²) in [4.78, 5) is 29.2. The maximum Gasteiger partial charge on any atom is 0.270 e. The molecule has 0 radical (unpaired) electrons. The number of thiazole rings is 1. The molecule has 0 atom stereocenters. The zero-order valence-corrected chi connectivity index (χ0v) is 22.2. The minimum Gasteiger partial charge on any atom is -0.486 e. The van der Waals surface area contributed by atoms with E-state index in [1.807, 2.05) is 37.3 Å². The smallest absolute Gasteiger partial charge is 0.270 e. The topological polar surface area (TPSA) is 80.3 Å². The molecule has 3 aromatic rings. The van der Waals surface area contributed by atoms with Crippen LogP contribution in [0.15, 0.2) is 47.8 Å². The largest absolute Gasteiger partial charge is 0.486 e. The standard InChI is InChI=1S/C28H35N3O3S/c1-18(2)22-12-7-19(3)15-24(22)34-16-25-31-23(17-35-25)27(33)30-14-13-29-26(32)20-8-10-21(11-9-20)28(4,5)6/h7-12,15,17-18H,13-14,16H2,1-6H3,(H,29,32)(H,30,33). The van der Waals surface area contributed by atoms with Crippen LogP contribution in [-0.4, -0.2) is 29.9 Å². The third-order valence-corrected chi connectivity index (χ3v) is 6.46. The SMILES string of the molecule is Cc1ccc(C(C)C)c(OCc2nc(C(=O)NCCNC(=O)c3ccc(C(C)(C)C)cc3)cs2)c1. The summed E-state index contributed by atoms with van der Waals surface area (Å²) < 4.78 is 6.02. The van der Waals surface area contributed by atoms with Gasteiger partial charge in [-0.25, -0.2) is 4.98 Å². The van der Waals surface area contributed by atoms with Crippen molar-refractivity contribution in [3.63, 3.8) is 0 Å². The number of ether oxygens (including phenoxy) is 1. The highest BCUT2D eigenvalue weighted by atomic mass is 32.1. The lowest BCUT2D eigenvalue weighted by Gasteiger charge is -2.19. The predicted molar refractivity (Wildman–Crippen MR) is 142 cm³/mol. The van der Waals surface area contributed by atoms with E-state index in [1.165, 1.54) is 16.9 Å². The van der Waals surface area contributed by atoms with Crippen molar-refractivity contribution in [2.45, 2.75) is 59.5 Å². The van der Waals surface area contributed by atoms with Gasteiger partial charge in [-0.2, -0.15) is 0 Å². The van der Waals surface area contributed by atoms with Crippen LogP contribution in [0.5, 0.6) is 5.75 Å². The number of benzene rings is 2. The number of carbonyl (C=O) groups is 2. The Balaban J connectivity index is 1.45. The van der Waals surface area contributed by atoms with Gasteiger partial charge >= 0.3 is 0 Å². The predicted octanol–water partition coefficient (Wildman–Crippen LogP) is 5.61. The third-order valence-electron chi connectivity index (χ3n) is 5.64. The summed E-state index contributed by atoms with van der Waals surface area (Å²) in [6.45, 7) is 13.7. The van der Waals surface area contributed by atoms with Gasteiger partial charge in [-0.3, -0.25) is 9.59 Å². The molecule has 3 rings (SSSR count). The summed E-state index contributed by atoms with van der Waals surface area (Å²) in [5.74, 6) is 0.774. The second-order valence-corrected chi connectivity index (χ2v) is 10.9. The zero-order valence-electron chi connectivity index (χ0n) is 21.4. The van der Waals surface area contributed by atoms with E-state index in [-0.39, 0.29) is 17.2 Å². The number of aryl methyl sites for hydroxylation is 1. The molecular formula is C28H35N3O3S. The molecule has 7 heteroatoms. The molecule has 1 aromatic heterocycles. The Morgan fingerprint density at radius 3 is 2.29 bits per heavy atom. The lowest BCUT2D eigenvalue weighted by molar-refractivity contribution is 0.0925. The van der Waals surface area contributed by atoms with Gasteiger partial charge in [0.15, 0.2) is 0 Å². The van der Waals surface area contributed by atoms with Crippen molar-refractivity contribution in [2.24, 2.45) is 0 Å². The maximum absolute atomic E-state index is 12.4. The molecule has 0 saturated carbocycles. The van der Waals surface area contributed by atoms with Crippen LogP contribution in [-0.2, 0) is 12.0 Å². The number of rotatable bonds is 9. The number of nitrogens with zero attached hydrogens (tertiary/aromatic N) is 1. The molecule has 2 N–H and O–H groups in total. The summed E-state index contributed by atoms with van der Waals surface area (Å²) >= 11 is 1.39. The zero-order chi connectivity index (χ0) is 25.6. The molecular weight excluding hydrogens is 458 g/mol. The fourth-order valence-electron chi connectivity index (χ4n) is 3.53. The van der Waals surface area contributed by atoms with Crippen molar-refractivity contribution in [1.29, 1.82) is 0 Å². The van der Waals surface area contributed by atoms with Crippen molar-refractivity contribution >= 4 is 23.2 Å². The molecule has 0 unspecified atom stereocenters. The van der Waals surface area contributed by atoms with Gasteiger partial charge in [0.25, 0.3) is 11.8 Å². The summed E-state index contributed by atoms with van der Waals surface area (Å²) in [6.07, 6.45) is 0. The molecule has 0 fully saturated rings. The van der Waals surface area contributed by atoms with Gasteiger partial charge in [-0.15, -0.1) is 11.3 Å². The Morgan fingerprint density at radius 2 is 1.66 bits per heavy atom. The molecule has 6 nitrogen and oxygen atoms in total.